The van der Waals surface area contributed by atoms with Crippen LogP contribution in [-0.4, -0.2) is 15.7 Å². The Balaban J connectivity index is 1.67. The Bertz CT molecular complexity index is 755. The van der Waals surface area contributed by atoms with Crippen molar-refractivity contribution in [3.8, 4) is 11.4 Å². The molecule has 2 N–H and O–H groups in total. The molecular formula is C15H15N3O2. The molecular weight excluding hydrogens is 254 g/mol. The van der Waals surface area contributed by atoms with Gasteiger partial charge in [0.25, 0.3) is 0 Å². The highest BCUT2D eigenvalue weighted by molar-refractivity contribution is 5.91. The number of rotatable bonds is 3. The summed E-state index contributed by atoms with van der Waals surface area (Å²) in [6, 6.07) is 7.81. The quantitative estimate of drug-likeness (QED) is 0.791. The fourth-order valence-electron chi connectivity index (χ4n) is 2.70. The molecule has 1 fully saturated rings. The summed E-state index contributed by atoms with van der Waals surface area (Å²) in [4.78, 5) is 4.45. The summed E-state index contributed by atoms with van der Waals surface area (Å²) in [5.74, 6) is 1.17. The molecule has 0 atom stereocenters. The van der Waals surface area contributed by atoms with E-state index in [0.29, 0.717) is 18.1 Å². The monoisotopic (exact) mass is 269 g/mol. The summed E-state index contributed by atoms with van der Waals surface area (Å²) in [5, 5.41) is 5.04. The molecule has 1 saturated carbocycles. The topological polar surface area (TPSA) is 78.1 Å². The first-order chi connectivity index (χ1) is 9.73. The molecule has 0 radical (unpaired) electrons. The molecule has 5 nitrogen and oxygen atoms in total. The number of benzene rings is 1. The highest BCUT2D eigenvalue weighted by Gasteiger charge is 2.34. The van der Waals surface area contributed by atoms with Crippen molar-refractivity contribution in [2.75, 3.05) is 0 Å². The van der Waals surface area contributed by atoms with E-state index in [9.17, 15) is 0 Å². The predicted molar refractivity (Wildman–Crippen MR) is 74.0 cm³/mol. The van der Waals surface area contributed by atoms with Gasteiger partial charge in [-0.15, -0.1) is 0 Å². The largest absolute Gasteiger partial charge is 0.464 e. The molecule has 1 aliphatic rings. The van der Waals surface area contributed by atoms with Crippen LogP contribution in [0.1, 0.15) is 25.2 Å². The van der Waals surface area contributed by atoms with Crippen molar-refractivity contribution >= 4 is 11.0 Å². The predicted octanol–water partition coefficient (Wildman–Crippen LogP) is 2.91. The fourth-order valence-corrected chi connectivity index (χ4v) is 2.70. The lowest BCUT2D eigenvalue weighted by atomic mass is 9.75. The first-order valence-corrected chi connectivity index (χ1v) is 6.82. The Hall–Kier alpha value is -2.14. The zero-order chi connectivity index (χ0) is 13.6. The van der Waals surface area contributed by atoms with E-state index < -0.39 is 0 Å². The van der Waals surface area contributed by atoms with Crippen molar-refractivity contribution in [3.63, 3.8) is 0 Å². The van der Waals surface area contributed by atoms with Crippen molar-refractivity contribution in [2.24, 2.45) is 5.73 Å². The average molecular weight is 269 g/mol. The molecule has 0 amide bonds. The first kappa shape index (κ1) is 11.7. The van der Waals surface area contributed by atoms with Crippen LogP contribution in [0.25, 0.3) is 22.4 Å². The minimum absolute atomic E-state index is 0.151. The second kappa shape index (κ2) is 4.18. The third kappa shape index (κ3) is 1.82. The molecule has 5 heteroatoms. The van der Waals surface area contributed by atoms with Gasteiger partial charge in [-0.1, -0.05) is 23.4 Å². The summed E-state index contributed by atoms with van der Waals surface area (Å²) in [6.45, 7) is 0. The van der Waals surface area contributed by atoms with E-state index in [1.165, 1.54) is 6.42 Å². The fraction of sp³-hybridized carbons (Fsp3) is 0.333. The van der Waals surface area contributed by atoms with Gasteiger partial charge in [-0.2, -0.15) is 4.98 Å². The third-order valence-electron chi connectivity index (χ3n) is 4.04. The van der Waals surface area contributed by atoms with Crippen LogP contribution in [0.2, 0.25) is 0 Å². The Kier molecular flexibility index (Phi) is 2.44. The standard InChI is InChI=1S/C15H15N3O2/c16-15(6-3-7-15)8-13-17-14(18-20-13)11-9-19-12-5-2-1-4-10(11)12/h1-2,4-5,9H,3,6-8,16H2. The average Bonchev–Trinajstić information content (AvgIpc) is 3.03. The molecule has 1 aliphatic carbocycles. The summed E-state index contributed by atoms with van der Waals surface area (Å²) < 4.78 is 10.8. The van der Waals surface area contributed by atoms with Gasteiger partial charge >= 0.3 is 0 Å². The van der Waals surface area contributed by atoms with Gasteiger partial charge in [-0.05, 0) is 25.3 Å². The maximum Gasteiger partial charge on any atom is 0.228 e. The maximum absolute atomic E-state index is 6.21. The lowest BCUT2D eigenvalue weighted by Crippen LogP contribution is -2.48. The maximum atomic E-state index is 6.21. The van der Waals surface area contributed by atoms with Gasteiger partial charge in [-0.25, -0.2) is 0 Å². The van der Waals surface area contributed by atoms with Crippen LogP contribution in [0.3, 0.4) is 0 Å². The number of hydrogen-bond acceptors (Lipinski definition) is 5. The molecule has 2 heterocycles. The Morgan fingerprint density at radius 1 is 1.25 bits per heavy atom. The van der Waals surface area contributed by atoms with E-state index in [1.54, 1.807) is 6.26 Å². The highest BCUT2D eigenvalue weighted by Crippen LogP contribution is 2.33. The van der Waals surface area contributed by atoms with Crippen LogP contribution in [0, 0.1) is 0 Å². The Labute approximate surface area is 115 Å². The van der Waals surface area contributed by atoms with Gasteiger partial charge in [0.2, 0.25) is 11.7 Å². The van der Waals surface area contributed by atoms with Crippen LogP contribution in [-0.2, 0) is 6.42 Å². The van der Waals surface area contributed by atoms with Crippen molar-refractivity contribution in [3.05, 3.63) is 36.4 Å². The van der Waals surface area contributed by atoms with E-state index in [0.717, 1.165) is 29.4 Å². The number of para-hydroxylation sites is 1. The highest BCUT2D eigenvalue weighted by atomic mass is 16.5. The first-order valence-electron chi connectivity index (χ1n) is 6.82. The van der Waals surface area contributed by atoms with Crippen LogP contribution in [0.15, 0.2) is 39.5 Å². The number of nitrogens with two attached hydrogens (primary N) is 1. The van der Waals surface area contributed by atoms with E-state index in [2.05, 4.69) is 10.1 Å². The second-order valence-corrected chi connectivity index (χ2v) is 5.55. The molecule has 4 rings (SSSR count). The van der Waals surface area contributed by atoms with Crippen LogP contribution < -0.4 is 5.73 Å². The zero-order valence-electron chi connectivity index (χ0n) is 11.0. The van der Waals surface area contributed by atoms with E-state index in [-0.39, 0.29) is 5.54 Å². The van der Waals surface area contributed by atoms with Crippen molar-refractivity contribution < 1.29 is 8.94 Å². The van der Waals surface area contributed by atoms with Gasteiger partial charge < -0.3 is 14.7 Å². The molecule has 20 heavy (non-hydrogen) atoms. The van der Waals surface area contributed by atoms with Crippen LogP contribution in [0.5, 0.6) is 0 Å². The number of nitrogens with zero attached hydrogens (tertiary/aromatic N) is 2. The molecule has 2 aromatic heterocycles. The number of furan rings is 1. The second-order valence-electron chi connectivity index (χ2n) is 5.55. The third-order valence-corrected chi connectivity index (χ3v) is 4.04. The normalized spacial score (nSPS) is 17.2. The summed E-state index contributed by atoms with van der Waals surface area (Å²) in [7, 11) is 0. The number of hydrogen-bond donors (Lipinski definition) is 1. The van der Waals surface area contributed by atoms with Gasteiger partial charge in [-0.3, -0.25) is 0 Å². The molecule has 0 aliphatic heterocycles. The van der Waals surface area contributed by atoms with E-state index in [4.69, 9.17) is 14.7 Å². The molecule has 1 aromatic carbocycles. The number of aromatic nitrogens is 2. The van der Waals surface area contributed by atoms with Crippen LogP contribution >= 0.6 is 0 Å². The molecule has 0 bridgehead atoms. The SMILES string of the molecule is NC1(Cc2nc(-c3coc4ccccc34)no2)CCC1. The van der Waals surface area contributed by atoms with Crippen molar-refractivity contribution in [1.29, 1.82) is 0 Å². The summed E-state index contributed by atoms with van der Waals surface area (Å²) >= 11 is 0. The van der Waals surface area contributed by atoms with Crippen molar-refractivity contribution in [1.82, 2.24) is 10.1 Å². The molecule has 3 aromatic rings. The van der Waals surface area contributed by atoms with Crippen molar-refractivity contribution in [2.45, 2.75) is 31.2 Å². The van der Waals surface area contributed by atoms with E-state index in [1.807, 2.05) is 24.3 Å². The number of fused-ring (bicyclic) bond motifs is 1. The van der Waals surface area contributed by atoms with Gasteiger partial charge in [0, 0.05) is 17.3 Å². The van der Waals surface area contributed by atoms with Gasteiger partial charge in [0.1, 0.15) is 11.8 Å². The summed E-state index contributed by atoms with van der Waals surface area (Å²) in [6.07, 6.45) is 5.55. The lowest BCUT2D eigenvalue weighted by Gasteiger charge is -2.36. The van der Waals surface area contributed by atoms with Crippen LogP contribution in [0.4, 0.5) is 0 Å². The lowest BCUT2D eigenvalue weighted by molar-refractivity contribution is 0.222. The molecule has 0 unspecified atom stereocenters. The minimum atomic E-state index is -0.151. The molecule has 0 saturated heterocycles. The minimum Gasteiger partial charge on any atom is -0.464 e. The smallest absolute Gasteiger partial charge is 0.228 e. The van der Waals surface area contributed by atoms with E-state index >= 15 is 0 Å². The Morgan fingerprint density at radius 2 is 2.10 bits per heavy atom. The van der Waals surface area contributed by atoms with Gasteiger partial charge in [0.15, 0.2) is 0 Å². The van der Waals surface area contributed by atoms with Gasteiger partial charge in [0.05, 0.1) is 5.56 Å². The summed E-state index contributed by atoms with van der Waals surface area (Å²) in [5.41, 5.74) is 7.74. The molecule has 102 valence electrons. The zero-order valence-corrected chi connectivity index (χ0v) is 11.0. The Morgan fingerprint density at radius 3 is 2.90 bits per heavy atom. The molecule has 0 spiro atoms.